The summed E-state index contributed by atoms with van der Waals surface area (Å²) < 4.78 is 11.3. The zero-order valence-corrected chi connectivity index (χ0v) is 20.3. The molecule has 0 unspecified atom stereocenters. The number of rotatable bonds is 6. The number of hydrogen-bond acceptors (Lipinski definition) is 5. The third-order valence-corrected chi connectivity index (χ3v) is 6.27. The first-order valence-corrected chi connectivity index (χ1v) is 11.3. The third kappa shape index (κ3) is 4.27. The van der Waals surface area contributed by atoms with E-state index in [9.17, 15) is 9.59 Å². The highest BCUT2D eigenvalue weighted by Crippen LogP contribution is 2.39. The van der Waals surface area contributed by atoms with Crippen LogP contribution in [0.2, 0.25) is 0 Å². The number of carbonyl (C=O) groups is 1. The molecule has 0 fully saturated rings. The van der Waals surface area contributed by atoms with Gasteiger partial charge >= 0.3 is 0 Å². The molecule has 1 amide bonds. The van der Waals surface area contributed by atoms with Crippen molar-refractivity contribution in [2.24, 2.45) is 0 Å². The summed E-state index contributed by atoms with van der Waals surface area (Å²) in [6, 6.07) is 12.9. The van der Waals surface area contributed by atoms with Crippen LogP contribution in [0.25, 0.3) is 11.0 Å². The van der Waals surface area contributed by atoms with Crippen LogP contribution in [0.1, 0.15) is 60.5 Å². The molecule has 174 valence electrons. The fourth-order valence-corrected chi connectivity index (χ4v) is 4.43. The largest absolute Gasteiger partial charge is 0.497 e. The molecule has 0 saturated heterocycles. The average molecular weight is 449 g/mol. The topological polar surface area (TPSA) is 63.0 Å². The van der Waals surface area contributed by atoms with Crippen molar-refractivity contribution in [3.05, 3.63) is 75.1 Å². The molecular weight excluding hydrogens is 416 g/mol. The van der Waals surface area contributed by atoms with Crippen molar-refractivity contribution in [3.8, 4) is 5.75 Å². The Bertz CT molecular complexity index is 1240. The molecule has 0 spiro atoms. The summed E-state index contributed by atoms with van der Waals surface area (Å²) in [5, 5.41) is 0.453. The second-order valence-electron chi connectivity index (χ2n) is 9.97. The number of fused-ring (bicyclic) bond motifs is 2. The van der Waals surface area contributed by atoms with Gasteiger partial charge in [0.2, 0.25) is 5.76 Å². The first kappa shape index (κ1) is 23.1. The molecule has 0 saturated carbocycles. The number of carbonyl (C=O) groups excluding carboxylic acids is 1. The minimum Gasteiger partial charge on any atom is -0.497 e. The number of ether oxygens (including phenoxy) is 1. The van der Waals surface area contributed by atoms with E-state index in [4.69, 9.17) is 9.15 Å². The van der Waals surface area contributed by atoms with E-state index in [-0.39, 0.29) is 22.5 Å². The van der Waals surface area contributed by atoms with Gasteiger partial charge in [-0.25, -0.2) is 0 Å². The molecule has 1 atom stereocenters. The molecule has 3 aromatic rings. The first-order chi connectivity index (χ1) is 15.6. The monoisotopic (exact) mass is 448 g/mol. The molecule has 1 aromatic heterocycles. The van der Waals surface area contributed by atoms with Crippen LogP contribution in [-0.4, -0.2) is 50.0 Å². The van der Waals surface area contributed by atoms with Gasteiger partial charge in [-0.05, 0) is 55.7 Å². The van der Waals surface area contributed by atoms with E-state index in [2.05, 4.69) is 37.8 Å². The van der Waals surface area contributed by atoms with E-state index in [0.717, 1.165) is 18.5 Å². The Balaban J connectivity index is 1.85. The van der Waals surface area contributed by atoms with Crippen LogP contribution in [-0.2, 0) is 5.41 Å². The van der Waals surface area contributed by atoms with Gasteiger partial charge in [0.15, 0.2) is 5.43 Å². The molecular formula is C27H32N2O4. The fraction of sp³-hybridized carbons (Fsp3) is 0.407. The lowest BCUT2D eigenvalue weighted by atomic mass is 9.86. The van der Waals surface area contributed by atoms with Crippen molar-refractivity contribution in [1.29, 1.82) is 0 Å². The predicted molar refractivity (Wildman–Crippen MR) is 130 cm³/mol. The van der Waals surface area contributed by atoms with Crippen molar-refractivity contribution >= 4 is 16.9 Å². The molecule has 1 aliphatic rings. The smallest absolute Gasteiger partial charge is 0.290 e. The molecule has 33 heavy (non-hydrogen) atoms. The molecule has 0 radical (unpaired) electrons. The minimum absolute atomic E-state index is 0.0155. The Morgan fingerprint density at radius 1 is 1.06 bits per heavy atom. The highest BCUT2D eigenvalue weighted by Gasteiger charge is 2.42. The maximum atomic E-state index is 13.6. The molecule has 6 heteroatoms. The van der Waals surface area contributed by atoms with Crippen LogP contribution in [0.3, 0.4) is 0 Å². The van der Waals surface area contributed by atoms with Crippen LogP contribution in [0, 0.1) is 0 Å². The van der Waals surface area contributed by atoms with E-state index in [1.54, 1.807) is 30.2 Å². The van der Waals surface area contributed by atoms with Crippen molar-refractivity contribution in [2.45, 2.75) is 38.6 Å². The summed E-state index contributed by atoms with van der Waals surface area (Å²) in [5.41, 5.74) is 2.76. The van der Waals surface area contributed by atoms with E-state index < -0.39 is 6.04 Å². The van der Waals surface area contributed by atoms with Gasteiger partial charge in [-0.1, -0.05) is 45.0 Å². The van der Waals surface area contributed by atoms with Crippen LogP contribution in [0.5, 0.6) is 5.75 Å². The highest BCUT2D eigenvalue weighted by atomic mass is 16.5. The molecule has 1 aliphatic heterocycles. The number of benzene rings is 2. The zero-order valence-electron chi connectivity index (χ0n) is 20.3. The van der Waals surface area contributed by atoms with Crippen molar-refractivity contribution < 1.29 is 13.9 Å². The Morgan fingerprint density at radius 2 is 1.76 bits per heavy atom. The second-order valence-corrected chi connectivity index (χ2v) is 9.97. The summed E-state index contributed by atoms with van der Waals surface area (Å²) >= 11 is 0. The van der Waals surface area contributed by atoms with Gasteiger partial charge in [-0.15, -0.1) is 0 Å². The zero-order chi connectivity index (χ0) is 23.9. The summed E-state index contributed by atoms with van der Waals surface area (Å²) in [6.07, 6.45) is 0.796. The summed E-state index contributed by atoms with van der Waals surface area (Å²) in [6.45, 7) is 7.87. The van der Waals surface area contributed by atoms with E-state index in [1.807, 2.05) is 26.2 Å². The Hall–Kier alpha value is -3.12. The van der Waals surface area contributed by atoms with Gasteiger partial charge < -0.3 is 19.0 Å². The van der Waals surface area contributed by atoms with E-state index in [1.165, 1.54) is 5.56 Å². The van der Waals surface area contributed by atoms with Crippen molar-refractivity contribution in [1.82, 2.24) is 9.80 Å². The molecule has 6 nitrogen and oxygen atoms in total. The lowest BCUT2D eigenvalue weighted by Gasteiger charge is -2.26. The van der Waals surface area contributed by atoms with Crippen molar-refractivity contribution in [2.75, 3.05) is 34.3 Å². The van der Waals surface area contributed by atoms with Crippen molar-refractivity contribution in [3.63, 3.8) is 0 Å². The third-order valence-electron chi connectivity index (χ3n) is 6.27. The number of nitrogens with zero attached hydrogens (tertiary/aromatic N) is 2. The molecule has 2 heterocycles. The summed E-state index contributed by atoms with van der Waals surface area (Å²) in [4.78, 5) is 31.0. The van der Waals surface area contributed by atoms with Gasteiger partial charge in [0.25, 0.3) is 5.91 Å². The van der Waals surface area contributed by atoms with Gasteiger partial charge in [-0.2, -0.15) is 0 Å². The second kappa shape index (κ2) is 8.67. The molecule has 0 N–H and O–H groups in total. The molecule has 4 rings (SSSR count). The Labute approximate surface area is 194 Å². The number of methoxy groups -OCH3 is 1. The highest BCUT2D eigenvalue weighted by molar-refractivity contribution is 5.99. The maximum Gasteiger partial charge on any atom is 0.290 e. The minimum atomic E-state index is -0.466. The summed E-state index contributed by atoms with van der Waals surface area (Å²) in [7, 11) is 5.57. The van der Waals surface area contributed by atoms with E-state index in [0.29, 0.717) is 28.8 Å². The van der Waals surface area contributed by atoms with Gasteiger partial charge in [-0.3, -0.25) is 9.59 Å². The van der Waals surface area contributed by atoms with Gasteiger partial charge in [0, 0.05) is 12.6 Å². The van der Waals surface area contributed by atoms with Crippen LogP contribution >= 0.6 is 0 Å². The Kier molecular flexibility index (Phi) is 6.06. The molecule has 2 aromatic carbocycles. The molecule has 0 bridgehead atoms. The van der Waals surface area contributed by atoms with Gasteiger partial charge in [0.05, 0.1) is 24.1 Å². The average Bonchev–Trinajstić information content (AvgIpc) is 3.05. The SMILES string of the molecule is COc1ccc2c(=O)c3c(oc2c1)C(=O)N(CCCN(C)C)[C@@H]3c1ccc(C(C)(C)C)cc1. The van der Waals surface area contributed by atoms with Crippen LogP contribution in [0.4, 0.5) is 0 Å². The van der Waals surface area contributed by atoms with E-state index >= 15 is 0 Å². The standard InChI is InChI=1S/C27H32N2O4/c1-27(2,3)18-10-8-17(9-11-18)23-22-24(30)20-13-12-19(32-6)16-21(20)33-25(22)26(31)29(23)15-7-14-28(4)5/h8-13,16,23H,7,14-15H2,1-6H3/t23-/m1/s1. The normalized spacial score (nSPS) is 16.0. The predicted octanol–water partition coefficient (Wildman–Crippen LogP) is 4.60. The summed E-state index contributed by atoms with van der Waals surface area (Å²) in [5.74, 6) is 0.471. The first-order valence-electron chi connectivity index (χ1n) is 11.3. The fourth-order valence-electron chi connectivity index (χ4n) is 4.43. The van der Waals surface area contributed by atoms with Crippen LogP contribution in [0.15, 0.2) is 51.7 Å². The van der Waals surface area contributed by atoms with Gasteiger partial charge in [0.1, 0.15) is 11.3 Å². The quantitative estimate of drug-likeness (QED) is 0.552. The maximum absolute atomic E-state index is 13.6. The Morgan fingerprint density at radius 3 is 2.36 bits per heavy atom. The lowest BCUT2D eigenvalue weighted by Crippen LogP contribution is -2.32. The van der Waals surface area contributed by atoms with Crippen LogP contribution < -0.4 is 10.2 Å². The molecule has 0 aliphatic carbocycles. The lowest BCUT2D eigenvalue weighted by molar-refractivity contribution is 0.0722. The number of hydrogen-bond donors (Lipinski definition) is 0. The number of amides is 1.